The number of hydrogen-bond acceptors (Lipinski definition) is 6. The summed E-state index contributed by atoms with van der Waals surface area (Å²) in [6, 6.07) is 9.34. The number of hydrogen-bond donors (Lipinski definition) is 1. The minimum absolute atomic E-state index is 0.0900. The maximum absolute atomic E-state index is 12.4. The van der Waals surface area contributed by atoms with E-state index in [4.69, 9.17) is 4.74 Å². The lowest BCUT2D eigenvalue weighted by Crippen LogP contribution is -2.40. The van der Waals surface area contributed by atoms with Crippen molar-refractivity contribution in [2.75, 3.05) is 11.4 Å². The molecule has 2 atom stereocenters. The molecule has 0 spiro atoms. The van der Waals surface area contributed by atoms with E-state index in [0.717, 1.165) is 22.4 Å². The van der Waals surface area contributed by atoms with Crippen LogP contribution in [-0.4, -0.2) is 51.0 Å². The molecule has 3 aromatic rings. The van der Waals surface area contributed by atoms with E-state index >= 15 is 0 Å². The molecule has 0 bridgehead atoms. The van der Waals surface area contributed by atoms with Gasteiger partial charge in [0, 0.05) is 31.1 Å². The number of imidazole rings is 1. The van der Waals surface area contributed by atoms with E-state index in [9.17, 15) is 14.4 Å². The van der Waals surface area contributed by atoms with Crippen LogP contribution in [0.15, 0.2) is 55.2 Å². The van der Waals surface area contributed by atoms with Crippen molar-refractivity contribution in [3.63, 3.8) is 0 Å². The van der Waals surface area contributed by atoms with Crippen molar-refractivity contribution in [3.05, 3.63) is 66.5 Å². The Balaban J connectivity index is 1.33. The second-order valence-corrected chi connectivity index (χ2v) is 7.93. The maximum Gasteiger partial charge on any atom is 0.415 e. The summed E-state index contributed by atoms with van der Waals surface area (Å²) < 4.78 is 7.15. The van der Waals surface area contributed by atoms with Gasteiger partial charge in [-0.05, 0) is 35.7 Å². The molecule has 1 aromatic carbocycles. The summed E-state index contributed by atoms with van der Waals surface area (Å²) in [7, 11) is 0. The Kier molecular flexibility index (Phi) is 4.93. The largest absolute Gasteiger partial charge is 0.442 e. The van der Waals surface area contributed by atoms with Crippen LogP contribution in [-0.2, 0) is 22.5 Å². The molecule has 162 valence electrons. The number of carbonyl (C=O) groups excluding carboxylic acids is 3. The lowest BCUT2D eigenvalue weighted by Gasteiger charge is -2.16. The first kappa shape index (κ1) is 19.9. The summed E-state index contributed by atoms with van der Waals surface area (Å²) in [5, 5.41) is 2.73. The Morgan fingerprint density at radius 1 is 1.22 bits per heavy atom. The van der Waals surface area contributed by atoms with E-state index in [1.807, 2.05) is 24.3 Å². The van der Waals surface area contributed by atoms with E-state index in [2.05, 4.69) is 15.3 Å². The van der Waals surface area contributed by atoms with Crippen LogP contribution >= 0.6 is 0 Å². The minimum Gasteiger partial charge on any atom is -0.442 e. The van der Waals surface area contributed by atoms with Crippen molar-refractivity contribution in [2.24, 2.45) is 0 Å². The zero-order chi connectivity index (χ0) is 22.2. The summed E-state index contributed by atoms with van der Waals surface area (Å²) in [6.45, 7) is 1.93. The van der Waals surface area contributed by atoms with Gasteiger partial charge in [-0.2, -0.15) is 0 Å². The Bertz CT molecular complexity index is 1190. The molecule has 1 fully saturated rings. The highest BCUT2D eigenvalue weighted by Crippen LogP contribution is 2.40. The first-order valence-corrected chi connectivity index (χ1v) is 10.3. The highest BCUT2D eigenvalue weighted by atomic mass is 16.6. The number of carbonyl (C=O) groups is 3. The smallest absolute Gasteiger partial charge is 0.415 e. The molecule has 9 nitrogen and oxygen atoms in total. The number of nitrogens with one attached hydrogen (secondary N) is 1. The van der Waals surface area contributed by atoms with E-state index < -0.39 is 0 Å². The monoisotopic (exact) mass is 431 g/mol. The minimum atomic E-state index is -0.390. The van der Waals surface area contributed by atoms with E-state index in [1.54, 1.807) is 40.5 Å². The number of ether oxygens (including phenoxy) is 1. The Hall–Kier alpha value is -4.01. The molecule has 2 aliphatic rings. The Morgan fingerprint density at radius 2 is 2.06 bits per heavy atom. The number of ketones is 1. The summed E-state index contributed by atoms with van der Waals surface area (Å²) in [6.07, 6.45) is 6.52. The number of Topliss-reactive ketones (excluding diaryl/α,β-unsaturated/α-hetero) is 1. The normalized spacial score (nSPS) is 18.8. The van der Waals surface area contributed by atoms with E-state index in [1.165, 1.54) is 6.92 Å². The van der Waals surface area contributed by atoms with Crippen LogP contribution in [0.3, 0.4) is 0 Å². The number of anilines is 1. The number of benzene rings is 1. The molecule has 0 saturated carbocycles. The van der Waals surface area contributed by atoms with Gasteiger partial charge in [-0.1, -0.05) is 12.1 Å². The highest BCUT2D eigenvalue weighted by Gasteiger charge is 2.47. The fraction of sp³-hybridized carbons (Fsp3) is 0.261. The van der Waals surface area contributed by atoms with Crippen LogP contribution < -0.4 is 10.2 Å². The number of cyclic esters (lactones) is 1. The summed E-state index contributed by atoms with van der Waals surface area (Å²) in [5.41, 5.74) is 4.11. The average molecular weight is 431 g/mol. The van der Waals surface area contributed by atoms with Crippen molar-refractivity contribution < 1.29 is 19.1 Å². The van der Waals surface area contributed by atoms with Gasteiger partial charge in [0.05, 0.1) is 31.1 Å². The molecule has 1 saturated heterocycles. The van der Waals surface area contributed by atoms with Gasteiger partial charge in [0.15, 0.2) is 0 Å². The van der Waals surface area contributed by atoms with Crippen LogP contribution in [0.1, 0.15) is 23.0 Å². The standard InChI is InChI=1S/C23H21N5O4/c1-14(29)25-11-22-20-9-17-8-15(3-5-19(17)28(20)23(31)32-22)16-2-4-18(26-10-16)21(30)12-27-7-6-24-13-27/h2-8,10,13,20,22H,9,11-12H2,1H3,(H,25,29)/t20-,22-/m0/s1. The molecule has 2 amide bonds. The lowest BCUT2D eigenvalue weighted by atomic mass is 10.0. The lowest BCUT2D eigenvalue weighted by molar-refractivity contribution is -0.119. The topological polar surface area (TPSA) is 106 Å². The Labute approximate surface area is 184 Å². The fourth-order valence-corrected chi connectivity index (χ4v) is 4.23. The molecule has 9 heteroatoms. The number of pyridine rings is 1. The van der Waals surface area contributed by atoms with E-state index in [0.29, 0.717) is 18.7 Å². The molecule has 2 aromatic heterocycles. The zero-order valence-electron chi connectivity index (χ0n) is 17.4. The van der Waals surface area contributed by atoms with Crippen LogP contribution in [0.5, 0.6) is 0 Å². The van der Waals surface area contributed by atoms with Gasteiger partial charge >= 0.3 is 6.09 Å². The van der Waals surface area contributed by atoms with Gasteiger partial charge in [-0.3, -0.25) is 19.5 Å². The Morgan fingerprint density at radius 3 is 2.78 bits per heavy atom. The number of fused-ring (bicyclic) bond motifs is 3. The van der Waals surface area contributed by atoms with Crippen molar-refractivity contribution in [2.45, 2.75) is 32.0 Å². The van der Waals surface area contributed by atoms with Gasteiger partial charge in [0.2, 0.25) is 11.7 Å². The summed E-state index contributed by atoms with van der Waals surface area (Å²) >= 11 is 0. The number of nitrogens with zero attached hydrogens (tertiary/aromatic N) is 4. The van der Waals surface area contributed by atoms with E-state index in [-0.39, 0.29) is 36.5 Å². The zero-order valence-corrected chi connectivity index (χ0v) is 17.4. The molecular weight excluding hydrogens is 410 g/mol. The molecular formula is C23H21N5O4. The molecule has 5 rings (SSSR count). The molecule has 0 radical (unpaired) electrons. The second kappa shape index (κ2) is 7.92. The van der Waals surface area contributed by atoms with Crippen LogP contribution in [0, 0.1) is 0 Å². The van der Waals surface area contributed by atoms with Crippen molar-refractivity contribution in [3.8, 4) is 11.1 Å². The molecule has 32 heavy (non-hydrogen) atoms. The van der Waals surface area contributed by atoms with Crippen molar-refractivity contribution in [1.29, 1.82) is 0 Å². The molecule has 0 aliphatic carbocycles. The second-order valence-electron chi connectivity index (χ2n) is 7.93. The summed E-state index contributed by atoms with van der Waals surface area (Å²) in [4.78, 5) is 46.0. The van der Waals surface area contributed by atoms with Crippen LogP contribution in [0.2, 0.25) is 0 Å². The van der Waals surface area contributed by atoms with Gasteiger partial charge in [-0.25, -0.2) is 9.78 Å². The van der Waals surface area contributed by atoms with Gasteiger partial charge < -0.3 is 14.6 Å². The molecule has 4 heterocycles. The average Bonchev–Trinajstić information content (AvgIpc) is 3.49. The van der Waals surface area contributed by atoms with Gasteiger partial charge in [0.1, 0.15) is 11.8 Å². The van der Waals surface area contributed by atoms with Gasteiger partial charge in [0.25, 0.3) is 0 Å². The van der Waals surface area contributed by atoms with Crippen molar-refractivity contribution >= 4 is 23.5 Å². The number of amides is 2. The first-order valence-electron chi connectivity index (χ1n) is 10.3. The predicted molar refractivity (Wildman–Crippen MR) is 115 cm³/mol. The maximum atomic E-state index is 12.4. The third-order valence-corrected chi connectivity index (χ3v) is 5.80. The SMILES string of the molecule is CC(=O)NC[C@@H]1OC(=O)N2c3ccc(-c4ccc(C(=O)Cn5ccnc5)nc4)cc3C[C@@H]12. The number of rotatable bonds is 6. The molecule has 2 aliphatic heterocycles. The fourth-order valence-electron chi connectivity index (χ4n) is 4.23. The van der Waals surface area contributed by atoms with Crippen LogP contribution in [0.25, 0.3) is 11.1 Å². The molecule has 0 unspecified atom stereocenters. The third-order valence-electron chi connectivity index (χ3n) is 5.80. The van der Waals surface area contributed by atoms with Crippen LogP contribution in [0.4, 0.5) is 10.5 Å². The predicted octanol–water partition coefficient (Wildman–Crippen LogP) is 2.21. The van der Waals surface area contributed by atoms with Gasteiger partial charge in [-0.15, -0.1) is 0 Å². The first-order chi connectivity index (χ1) is 15.5. The quantitative estimate of drug-likeness (QED) is 0.600. The third kappa shape index (κ3) is 3.62. The highest BCUT2D eigenvalue weighted by molar-refractivity contribution is 5.95. The number of aromatic nitrogens is 3. The van der Waals surface area contributed by atoms with Crippen molar-refractivity contribution in [1.82, 2.24) is 19.9 Å². The summed E-state index contributed by atoms with van der Waals surface area (Å²) in [5.74, 6) is -0.246. The molecule has 1 N–H and O–H groups in total.